The Balaban J connectivity index is 0.00000108. The number of rotatable bonds is 1. The first-order valence-electron chi connectivity index (χ1n) is 5.77. The second-order valence-electron chi connectivity index (χ2n) is 4.55. The van der Waals surface area contributed by atoms with Gasteiger partial charge in [0, 0.05) is 17.7 Å². The molecule has 0 saturated carbocycles. The average molecular weight is 407 g/mol. The first-order valence-corrected chi connectivity index (χ1v) is 10.3. The standard InChI is InChI=1S/C14H16SSi.2ClH.Zr/c1-16(2)15-13-9-5-8-12(13)10-14(15)11-6-3-4-7-11;;;/h3-6,8-10,14H,7H2,1-2H3;2*1H;/q;;;+2/p-2. The van der Waals surface area contributed by atoms with E-state index in [1.165, 1.54) is 12.0 Å². The molecule has 0 radical (unpaired) electrons. The zero-order valence-corrected chi connectivity index (χ0v) is 16.8. The average Bonchev–Trinajstić information content (AvgIpc) is 2.92. The van der Waals surface area contributed by atoms with Crippen molar-refractivity contribution < 1.29 is 51.0 Å². The minimum absolute atomic E-state index is 0. The van der Waals surface area contributed by atoms with E-state index >= 15 is 0 Å². The zero-order valence-electron chi connectivity index (χ0n) is 11.0. The van der Waals surface area contributed by atoms with Crippen LogP contribution >= 0.6 is 9.89 Å². The monoisotopic (exact) mass is 404 g/mol. The third kappa shape index (κ3) is 3.68. The summed E-state index contributed by atoms with van der Waals surface area (Å²) in [6, 6.07) is 0. The van der Waals surface area contributed by atoms with E-state index in [1.54, 1.807) is 10.5 Å². The normalized spacial score (nSPS) is 25.5. The Hall–Kier alpha value is 0.730. The number of hydrogen-bond donors (Lipinski definition) is 0. The zero-order chi connectivity index (χ0) is 11.1. The van der Waals surface area contributed by atoms with Gasteiger partial charge >= 0.3 is 26.2 Å². The van der Waals surface area contributed by atoms with Gasteiger partial charge in [0.15, 0.2) is 0 Å². The quantitative estimate of drug-likeness (QED) is 0.449. The Morgan fingerprint density at radius 3 is 2.47 bits per heavy atom. The van der Waals surface area contributed by atoms with Gasteiger partial charge in [0.1, 0.15) is 0 Å². The first kappa shape index (κ1) is 19.7. The number of hydrogen-bond acceptors (Lipinski definition) is 0. The van der Waals surface area contributed by atoms with Crippen LogP contribution in [0.3, 0.4) is 0 Å². The molecule has 0 bridgehead atoms. The Labute approximate surface area is 150 Å². The predicted molar refractivity (Wildman–Crippen MR) is 76.0 cm³/mol. The van der Waals surface area contributed by atoms with Crippen molar-refractivity contribution in [3.63, 3.8) is 0 Å². The van der Waals surface area contributed by atoms with Crippen LogP contribution in [0, 0.1) is 0 Å². The molecular weight excluding hydrogens is 390 g/mol. The molecule has 5 heteroatoms. The van der Waals surface area contributed by atoms with Crippen molar-refractivity contribution in [2.24, 2.45) is 0 Å². The van der Waals surface area contributed by atoms with Crippen molar-refractivity contribution in [1.82, 2.24) is 0 Å². The molecule has 0 saturated heterocycles. The maximum atomic E-state index is 2.51. The van der Waals surface area contributed by atoms with Crippen LogP contribution in [-0.4, -0.2) is 12.8 Å². The molecule has 2 atom stereocenters. The molecule has 0 nitrogen and oxygen atoms in total. The molecule has 3 rings (SSSR count). The second-order valence-corrected chi connectivity index (χ2v) is 11.8. The minimum Gasteiger partial charge on any atom is -1.00 e. The van der Waals surface area contributed by atoms with Gasteiger partial charge < -0.3 is 24.8 Å². The Bertz CT molecular complexity index is 538. The topological polar surface area (TPSA) is 0 Å². The van der Waals surface area contributed by atoms with Gasteiger partial charge in [-0.1, -0.05) is 55.1 Å². The van der Waals surface area contributed by atoms with E-state index in [0.29, 0.717) is 15.1 Å². The molecule has 100 valence electrons. The molecule has 1 aliphatic heterocycles. The van der Waals surface area contributed by atoms with Crippen molar-refractivity contribution >= 4 is 17.4 Å². The van der Waals surface area contributed by atoms with E-state index < -0.39 is 0 Å². The summed E-state index contributed by atoms with van der Waals surface area (Å²) in [6.45, 7) is 4.92. The van der Waals surface area contributed by atoms with Crippen LogP contribution in [0.2, 0.25) is 13.1 Å². The van der Waals surface area contributed by atoms with Crippen LogP contribution in [0.25, 0.3) is 0 Å². The summed E-state index contributed by atoms with van der Waals surface area (Å²) in [4.78, 5) is 1.64. The van der Waals surface area contributed by atoms with Gasteiger partial charge in [0.2, 0.25) is 0 Å². The summed E-state index contributed by atoms with van der Waals surface area (Å²) >= 11 is 0. The Morgan fingerprint density at radius 1 is 1.16 bits per heavy atom. The fourth-order valence-electron chi connectivity index (χ4n) is 2.53. The molecule has 2 aliphatic carbocycles. The summed E-state index contributed by atoms with van der Waals surface area (Å²) in [5.74, 6) is 0. The van der Waals surface area contributed by atoms with Crippen LogP contribution in [0.5, 0.6) is 0 Å². The summed E-state index contributed by atoms with van der Waals surface area (Å²) in [6.07, 6.45) is 17.3. The van der Waals surface area contributed by atoms with Crippen molar-refractivity contribution in [3.05, 3.63) is 58.6 Å². The van der Waals surface area contributed by atoms with Crippen molar-refractivity contribution in [2.45, 2.75) is 24.8 Å². The molecule has 0 aromatic heterocycles. The van der Waals surface area contributed by atoms with Gasteiger partial charge in [-0.2, -0.15) is 9.89 Å². The van der Waals surface area contributed by atoms with E-state index in [4.69, 9.17) is 0 Å². The van der Waals surface area contributed by atoms with Gasteiger partial charge in [-0.25, -0.2) is 0 Å². The molecule has 0 aromatic carbocycles. The Morgan fingerprint density at radius 2 is 1.89 bits per heavy atom. The SMILES string of the molecule is C[Si](C)=S1C2=CC=CC2=CC1C1=CC=CC1.[Cl-].[Cl-].[Zr+2]. The maximum Gasteiger partial charge on any atom is 2.00 e. The molecule has 0 N–H and O–H groups in total. The van der Waals surface area contributed by atoms with E-state index in [-0.39, 0.29) is 58.5 Å². The van der Waals surface area contributed by atoms with E-state index in [1.807, 2.05) is 0 Å². The molecule has 0 fully saturated rings. The third-order valence-electron chi connectivity index (χ3n) is 3.23. The van der Waals surface area contributed by atoms with Crippen LogP contribution in [0.4, 0.5) is 0 Å². The van der Waals surface area contributed by atoms with E-state index in [9.17, 15) is 0 Å². The number of fused-ring (bicyclic) bond motifs is 1. The fraction of sp³-hybridized carbons (Fsp3) is 0.286. The van der Waals surface area contributed by atoms with Crippen molar-refractivity contribution in [1.29, 1.82) is 0 Å². The summed E-state index contributed by atoms with van der Waals surface area (Å²) < 4.78 is 0. The molecule has 0 aromatic rings. The Kier molecular flexibility index (Phi) is 8.56. The minimum atomic E-state index is -0.251. The van der Waals surface area contributed by atoms with Crippen LogP contribution in [0.1, 0.15) is 6.42 Å². The number of halogens is 2. The third-order valence-corrected chi connectivity index (χ3v) is 9.97. The molecule has 3 aliphatic rings. The van der Waals surface area contributed by atoms with Gasteiger partial charge in [-0.05, 0) is 18.1 Å². The van der Waals surface area contributed by atoms with E-state index in [2.05, 4.69) is 55.6 Å². The van der Waals surface area contributed by atoms with Crippen LogP contribution in [-0.2, 0) is 26.2 Å². The van der Waals surface area contributed by atoms with Crippen molar-refractivity contribution in [3.8, 4) is 0 Å². The molecule has 19 heavy (non-hydrogen) atoms. The van der Waals surface area contributed by atoms with Crippen molar-refractivity contribution in [2.75, 3.05) is 0 Å². The molecule has 1 heterocycles. The van der Waals surface area contributed by atoms with Gasteiger partial charge in [-0.3, -0.25) is 0 Å². The first-order chi connectivity index (χ1) is 7.77. The summed E-state index contributed by atoms with van der Waals surface area (Å²) in [5.41, 5.74) is 3.14. The fourth-order valence-corrected chi connectivity index (χ4v) is 9.19. The summed E-state index contributed by atoms with van der Waals surface area (Å²) in [5, 5.41) is 0.713. The molecule has 0 amide bonds. The van der Waals surface area contributed by atoms with Crippen LogP contribution < -0.4 is 24.8 Å². The van der Waals surface area contributed by atoms with Gasteiger partial charge in [-0.15, -0.1) is 0 Å². The smallest absolute Gasteiger partial charge is 1.00 e. The van der Waals surface area contributed by atoms with Gasteiger partial charge in [0.25, 0.3) is 0 Å². The number of allylic oxidation sites excluding steroid dienone is 7. The van der Waals surface area contributed by atoms with Crippen LogP contribution in [0.15, 0.2) is 58.6 Å². The molecular formula is C14H16Cl2SSiZr. The molecule has 0 spiro atoms. The van der Waals surface area contributed by atoms with E-state index in [0.717, 1.165) is 0 Å². The maximum absolute atomic E-state index is 2.51. The van der Waals surface area contributed by atoms with Gasteiger partial charge in [0.05, 0.1) is 0 Å². The largest absolute Gasteiger partial charge is 2.00 e. The summed E-state index contributed by atoms with van der Waals surface area (Å²) in [7, 11) is 0.236. The predicted octanol–water partition coefficient (Wildman–Crippen LogP) is -1.84. The second kappa shape index (κ2) is 8.24. The molecule has 2 unspecified atom stereocenters.